The van der Waals surface area contributed by atoms with E-state index in [0.717, 1.165) is 5.69 Å². The van der Waals surface area contributed by atoms with Gasteiger partial charge in [-0.2, -0.15) is 0 Å². The molecule has 0 fully saturated rings. The van der Waals surface area contributed by atoms with Gasteiger partial charge in [0.15, 0.2) is 0 Å². The van der Waals surface area contributed by atoms with E-state index in [1.54, 1.807) is 24.1 Å². The molecule has 18 heavy (non-hydrogen) atoms. The van der Waals surface area contributed by atoms with E-state index in [0.29, 0.717) is 12.2 Å². The number of amides is 2. The quantitative estimate of drug-likeness (QED) is 0.832. The van der Waals surface area contributed by atoms with Gasteiger partial charge in [0.25, 0.3) is 0 Å². The van der Waals surface area contributed by atoms with Crippen molar-refractivity contribution in [3.8, 4) is 0 Å². The van der Waals surface area contributed by atoms with E-state index < -0.39 is 0 Å². The van der Waals surface area contributed by atoms with E-state index in [4.69, 9.17) is 0 Å². The first kappa shape index (κ1) is 14.0. The molecule has 0 radical (unpaired) electrons. The van der Waals surface area contributed by atoms with E-state index in [-0.39, 0.29) is 18.4 Å². The highest BCUT2D eigenvalue weighted by atomic mass is 16.2. The summed E-state index contributed by atoms with van der Waals surface area (Å²) in [5.41, 5.74) is 1.52. The minimum Gasteiger partial charge on any atom is -0.376 e. The summed E-state index contributed by atoms with van der Waals surface area (Å²) in [5.74, 6) is -0.0867. The Morgan fingerprint density at radius 3 is 2.56 bits per heavy atom. The summed E-state index contributed by atoms with van der Waals surface area (Å²) in [7, 11) is 1.76. The fourth-order valence-corrected chi connectivity index (χ4v) is 1.40. The molecule has 1 rings (SSSR count). The van der Waals surface area contributed by atoms with Gasteiger partial charge in [-0.1, -0.05) is 6.07 Å². The molecule has 0 spiro atoms. The third-order valence-electron chi connectivity index (χ3n) is 2.53. The average molecular weight is 249 g/mol. The molecule has 0 unspecified atom stereocenters. The number of hydrogen-bond donors (Lipinski definition) is 2. The Morgan fingerprint density at radius 2 is 1.94 bits per heavy atom. The van der Waals surface area contributed by atoms with Gasteiger partial charge in [-0.05, 0) is 25.1 Å². The molecule has 5 heteroatoms. The molecule has 0 atom stereocenters. The van der Waals surface area contributed by atoms with Crippen LogP contribution in [-0.4, -0.2) is 36.9 Å². The van der Waals surface area contributed by atoms with E-state index in [9.17, 15) is 9.59 Å². The monoisotopic (exact) mass is 249 g/mol. The molecule has 1 aromatic carbocycles. The number of hydrogen-bond acceptors (Lipinski definition) is 3. The standard InChI is InChI=1S/C13H19N3O2/c1-4-16(3)13(18)9-14-11-6-5-7-12(8-11)15-10(2)17/h5-8,14H,4,9H2,1-3H3,(H,15,17). The first-order valence-electron chi connectivity index (χ1n) is 5.88. The summed E-state index contributed by atoms with van der Waals surface area (Å²) in [6.45, 7) is 4.31. The van der Waals surface area contributed by atoms with Gasteiger partial charge in [-0.15, -0.1) is 0 Å². The first-order chi connectivity index (χ1) is 8.52. The second-order valence-electron chi connectivity index (χ2n) is 4.02. The van der Waals surface area contributed by atoms with Crippen molar-refractivity contribution in [1.29, 1.82) is 0 Å². The topological polar surface area (TPSA) is 61.4 Å². The predicted molar refractivity (Wildman–Crippen MR) is 72.5 cm³/mol. The number of rotatable bonds is 5. The summed E-state index contributed by atoms with van der Waals surface area (Å²) >= 11 is 0. The fraction of sp³-hybridized carbons (Fsp3) is 0.385. The lowest BCUT2D eigenvalue weighted by atomic mass is 10.2. The second kappa shape index (κ2) is 6.64. The van der Waals surface area contributed by atoms with Crippen LogP contribution in [0.25, 0.3) is 0 Å². The third-order valence-corrected chi connectivity index (χ3v) is 2.53. The number of carbonyl (C=O) groups excluding carboxylic acids is 2. The van der Waals surface area contributed by atoms with Crippen molar-refractivity contribution >= 4 is 23.2 Å². The summed E-state index contributed by atoms with van der Waals surface area (Å²) in [5, 5.41) is 5.72. The number of nitrogens with one attached hydrogen (secondary N) is 2. The number of likely N-dealkylation sites (N-methyl/N-ethyl adjacent to an activating group) is 1. The predicted octanol–water partition coefficient (Wildman–Crippen LogP) is 1.54. The van der Waals surface area contributed by atoms with E-state index in [1.807, 2.05) is 19.1 Å². The zero-order valence-electron chi connectivity index (χ0n) is 11.0. The Labute approximate surface area is 107 Å². The first-order valence-corrected chi connectivity index (χ1v) is 5.88. The molecular weight excluding hydrogens is 230 g/mol. The van der Waals surface area contributed by atoms with Gasteiger partial charge in [0, 0.05) is 31.9 Å². The highest BCUT2D eigenvalue weighted by Crippen LogP contribution is 2.14. The van der Waals surface area contributed by atoms with Gasteiger partial charge < -0.3 is 15.5 Å². The summed E-state index contributed by atoms with van der Waals surface area (Å²) in [6, 6.07) is 7.26. The summed E-state index contributed by atoms with van der Waals surface area (Å²) in [4.78, 5) is 24.2. The molecule has 0 aliphatic carbocycles. The fourth-order valence-electron chi connectivity index (χ4n) is 1.40. The lowest BCUT2D eigenvalue weighted by molar-refractivity contribution is -0.127. The molecule has 5 nitrogen and oxygen atoms in total. The maximum atomic E-state index is 11.6. The largest absolute Gasteiger partial charge is 0.376 e. The van der Waals surface area contributed by atoms with E-state index >= 15 is 0 Å². The normalized spacial score (nSPS) is 9.72. The molecular formula is C13H19N3O2. The van der Waals surface area contributed by atoms with Crippen LogP contribution >= 0.6 is 0 Å². The lowest BCUT2D eigenvalue weighted by Gasteiger charge is -2.15. The Bertz CT molecular complexity index is 432. The zero-order valence-corrected chi connectivity index (χ0v) is 11.0. The smallest absolute Gasteiger partial charge is 0.241 e. The van der Waals surface area contributed by atoms with Gasteiger partial charge in [0.1, 0.15) is 0 Å². The van der Waals surface area contributed by atoms with Crippen LogP contribution in [0.3, 0.4) is 0 Å². The molecule has 0 saturated carbocycles. The minimum atomic E-state index is -0.117. The van der Waals surface area contributed by atoms with Gasteiger partial charge in [0.05, 0.1) is 6.54 Å². The van der Waals surface area contributed by atoms with Crippen molar-refractivity contribution in [1.82, 2.24) is 4.90 Å². The molecule has 0 saturated heterocycles. The molecule has 0 bridgehead atoms. The Morgan fingerprint density at radius 1 is 1.28 bits per heavy atom. The van der Waals surface area contributed by atoms with Crippen molar-refractivity contribution < 1.29 is 9.59 Å². The molecule has 0 heterocycles. The van der Waals surface area contributed by atoms with Crippen LogP contribution in [0.15, 0.2) is 24.3 Å². The Balaban J connectivity index is 2.57. The average Bonchev–Trinajstić information content (AvgIpc) is 2.34. The summed E-state index contributed by atoms with van der Waals surface area (Å²) in [6.07, 6.45) is 0. The molecule has 0 aliphatic heterocycles. The third kappa shape index (κ3) is 4.45. The molecule has 98 valence electrons. The van der Waals surface area contributed by atoms with Crippen LogP contribution in [0.5, 0.6) is 0 Å². The molecule has 2 amide bonds. The van der Waals surface area contributed by atoms with Crippen LogP contribution in [0.1, 0.15) is 13.8 Å². The van der Waals surface area contributed by atoms with Crippen molar-refractivity contribution in [2.24, 2.45) is 0 Å². The second-order valence-corrected chi connectivity index (χ2v) is 4.02. The van der Waals surface area contributed by atoms with Crippen LogP contribution < -0.4 is 10.6 Å². The van der Waals surface area contributed by atoms with Crippen molar-refractivity contribution in [2.45, 2.75) is 13.8 Å². The van der Waals surface area contributed by atoms with Crippen molar-refractivity contribution in [3.63, 3.8) is 0 Å². The maximum Gasteiger partial charge on any atom is 0.241 e. The molecule has 2 N–H and O–H groups in total. The van der Waals surface area contributed by atoms with Crippen molar-refractivity contribution in [2.75, 3.05) is 30.8 Å². The zero-order chi connectivity index (χ0) is 13.5. The maximum absolute atomic E-state index is 11.6. The molecule has 0 aliphatic rings. The highest BCUT2D eigenvalue weighted by Gasteiger charge is 2.05. The van der Waals surface area contributed by atoms with E-state index in [1.165, 1.54) is 6.92 Å². The van der Waals surface area contributed by atoms with Gasteiger partial charge in [0.2, 0.25) is 11.8 Å². The van der Waals surface area contributed by atoms with Crippen LogP contribution in [0.2, 0.25) is 0 Å². The number of nitrogens with zero attached hydrogens (tertiary/aromatic N) is 1. The summed E-state index contributed by atoms with van der Waals surface area (Å²) < 4.78 is 0. The Hall–Kier alpha value is -2.04. The number of benzene rings is 1. The van der Waals surface area contributed by atoms with Crippen LogP contribution in [0.4, 0.5) is 11.4 Å². The van der Waals surface area contributed by atoms with Crippen molar-refractivity contribution in [3.05, 3.63) is 24.3 Å². The Kier molecular flexibility index (Phi) is 5.17. The van der Waals surface area contributed by atoms with Gasteiger partial charge in [-0.25, -0.2) is 0 Å². The van der Waals surface area contributed by atoms with E-state index in [2.05, 4.69) is 10.6 Å². The lowest BCUT2D eigenvalue weighted by Crippen LogP contribution is -2.31. The highest BCUT2D eigenvalue weighted by molar-refractivity contribution is 5.89. The SMILES string of the molecule is CCN(C)C(=O)CNc1cccc(NC(C)=O)c1. The van der Waals surface area contributed by atoms with Gasteiger partial charge in [-0.3, -0.25) is 9.59 Å². The number of anilines is 2. The van der Waals surface area contributed by atoms with Crippen LogP contribution in [-0.2, 0) is 9.59 Å². The molecule has 0 aromatic heterocycles. The minimum absolute atomic E-state index is 0.0300. The number of carbonyl (C=O) groups is 2. The molecule has 1 aromatic rings. The van der Waals surface area contributed by atoms with Gasteiger partial charge >= 0.3 is 0 Å². The van der Waals surface area contributed by atoms with Crippen LogP contribution in [0, 0.1) is 0 Å².